The van der Waals surface area contributed by atoms with Gasteiger partial charge in [0.2, 0.25) is 0 Å². The van der Waals surface area contributed by atoms with E-state index in [4.69, 9.17) is 0 Å². The van der Waals surface area contributed by atoms with Crippen LogP contribution in [0, 0.1) is 18.6 Å². The molecule has 3 aromatic rings. The van der Waals surface area contributed by atoms with Crippen LogP contribution in [0.1, 0.15) is 5.56 Å². The molecule has 0 amide bonds. The Bertz CT molecular complexity index is 777. The van der Waals surface area contributed by atoms with Gasteiger partial charge in [0.15, 0.2) is 0 Å². The molecule has 0 fully saturated rings. The Morgan fingerprint density at radius 2 is 1.38 bits per heavy atom. The lowest BCUT2D eigenvalue weighted by Crippen LogP contribution is -1.90. The minimum Gasteiger partial charge on any atom is -0.207 e. The van der Waals surface area contributed by atoms with E-state index in [1.165, 1.54) is 18.2 Å². The highest BCUT2D eigenvalue weighted by atomic mass is 19.1. The number of hydrogen-bond acceptors (Lipinski definition) is 0. The van der Waals surface area contributed by atoms with Gasteiger partial charge >= 0.3 is 0 Å². The second kappa shape index (κ2) is 5.49. The Kier molecular flexibility index (Phi) is 3.53. The fourth-order valence-corrected chi connectivity index (χ4v) is 2.47. The zero-order valence-electron chi connectivity index (χ0n) is 11.6. The normalized spacial score (nSPS) is 10.6. The van der Waals surface area contributed by atoms with Gasteiger partial charge < -0.3 is 0 Å². The summed E-state index contributed by atoms with van der Waals surface area (Å²) in [6.07, 6.45) is 0. The predicted molar refractivity (Wildman–Crippen MR) is 82.0 cm³/mol. The van der Waals surface area contributed by atoms with Crippen molar-refractivity contribution in [2.45, 2.75) is 6.92 Å². The molecule has 0 saturated heterocycles. The lowest BCUT2D eigenvalue weighted by molar-refractivity contribution is 0.624. The van der Waals surface area contributed by atoms with Gasteiger partial charge in [0, 0.05) is 5.56 Å². The van der Waals surface area contributed by atoms with E-state index in [0.29, 0.717) is 11.1 Å². The van der Waals surface area contributed by atoms with Crippen molar-refractivity contribution in [1.29, 1.82) is 0 Å². The summed E-state index contributed by atoms with van der Waals surface area (Å²) in [7, 11) is 0. The summed E-state index contributed by atoms with van der Waals surface area (Å²) >= 11 is 0. The van der Waals surface area contributed by atoms with Gasteiger partial charge in [0.05, 0.1) is 0 Å². The van der Waals surface area contributed by atoms with Crippen LogP contribution in [0.3, 0.4) is 0 Å². The van der Waals surface area contributed by atoms with E-state index >= 15 is 0 Å². The Hall–Kier alpha value is -2.48. The number of hydrogen-bond donors (Lipinski definition) is 0. The molecule has 2 heteroatoms. The van der Waals surface area contributed by atoms with Crippen molar-refractivity contribution >= 4 is 0 Å². The van der Waals surface area contributed by atoms with Crippen molar-refractivity contribution in [3.8, 4) is 22.3 Å². The topological polar surface area (TPSA) is 0 Å². The van der Waals surface area contributed by atoms with E-state index in [1.54, 1.807) is 19.1 Å². The number of benzene rings is 3. The number of halogens is 2. The van der Waals surface area contributed by atoms with Crippen LogP contribution in [-0.4, -0.2) is 0 Å². The second-order valence-electron chi connectivity index (χ2n) is 5.02. The molecule has 0 unspecified atom stereocenters. The van der Waals surface area contributed by atoms with Crippen molar-refractivity contribution in [3.05, 3.63) is 83.9 Å². The number of rotatable bonds is 2. The number of aryl methyl sites for hydroxylation is 1. The summed E-state index contributed by atoms with van der Waals surface area (Å²) in [6, 6.07) is 19.2. The first-order valence-corrected chi connectivity index (χ1v) is 6.76. The maximum absolute atomic E-state index is 14.4. The largest absolute Gasteiger partial charge is 0.207 e. The standard InChI is InChI=1S/C19H14F2/c1-13-11-16(20)8-10-17(13)18-9-7-15(12-19(18)21)14-5-3-2-4-6-14/h2-12H,1H3. The molecule has 104 valence electrons. The Labute approximate surface area is 122 Å². The molecule has 0 bridgehead atoms. The highest BCUT2D eigenvalue weighted by molar-refractivity contribution is 5.72. The van der Waals surface area contributed by atoms with Crippen LogP contribution in [-0.2, 0) is 0 Å². The molecule has 0 spiro atoms. The third-order valence-corrected chi connectivity index (χ3v) is 3.55. The molecule has 0 saturated carbocycles. The van der Waals surface area contributed by atoms with Crippen molar-refractivity contribution in [1.82, 2.24) is 0 Å². The Balaban J connectivity index is 2.06. The maximum atomic E-state index is 14.4. The van der Waals surface area contributed by atoms with Crippen molar-refractivity contribution in [2.75, 3.05) is 0 Å². The van der Waals surface area contributed by atoms with Gasteiger partial charge in [0.25, 0.3) is 0 Å². The fourth-order valence-electron chi connectivity index (χ4n) is 2.47. The quantitative estimate of drug-likeness (QED) is 0.572. The maximum Gasteiger partial charge on any atom is 0.131 e. The monoisotopic (exact) mass is 280 g/mol. The minimum absolute atomic E-state index is 0.300. The second-order valence-corrected chi connectivity index (χ2v) is 5.02. The molecular weight excluding hydrogens is 266 g/mol. The molecule has 0 nitrogen and oxygen atoms in total. The van der Waals surface area contributed by atoms with Gasteiger partial charge in [-0.1, -0.05) is 48.5 Å². The van der Waals surface area contributed by atoms with Crippen LogP contribution >= 0.6 is 0 Å². The van der Waals surface area contributed by atoms with Gasteiger partial charge in [-0.15, -0.1) is 0 Å². The highest BCUT2D eigenvalue weighted by Crippen LogP contribution is 2.30. The Morgan fingerprint density at radius 1 is 0.667 bits per heavy atom. The smallest absolute Gasteiger partial charge is 0.131 e. The SMILES string of the molecule is Cc1cc(F)ccc1-c1ccc(-c2ccccc2)cc1F. The van der Waals surface area contributed by atoms with Crippen molar-refractivity contribution in [2.24, 2.45) is 0 Å². The van der Waals surface area contributed by atoms with Crippen LogP contribution in [0.5, 0.6) is 0 Å². The van der Waals surface area contributed by atoms with Gasteiger partial charge in [0.1, 0.15) is 11.6 Å². The van der Waals surface area contributed by atoms with Crippen molar-refractivity contribution in [3.63, 3.8) is 0 Å². The molecule has 3 rings (SSSR count). The van der Waals surface area contributed by atoms with E-state index in [1.807, 2.05) is 36.4 Å². The summed E-state index contributed by atoms with van der Waals surface area (Å²) in [6.45, 7) is 1.78. The molecule has 0 aliphatic heterocycles. The zero-order valence-corrected chi connectivity index (χ0v) is 11.6. The summed E-state index contributed by atoms with van der Waals surface area (Å²) in [5, 5.41) is 0. The average molecular weight is 280 g/mol. The highest BCUT2D eigenvalue weighted by Gasteiger charge is 2.10. The molecule has 0 aromatic heterocycles. The molecule has 0 radical (unpaired) electrons. The third kappa shape index (κ3) is 2.70. The van der Waals surface area contributed by atoms with Crippen LogP contribution in [0.2, 0.25) is 0 Å². The summed E-state index contributed by atoms with van der Waals surface area (Å²) in [5.74, 6) is -0.608. The van der Waals surface area contributed by atoms with E-state index in [2.05, 4.69) is 0 Å². The van der Waals surface area contributed by atoms with Crippen LogP contribution < -0.4 is 0 Å². The first kappa shape index (κ1) is 13.5. The summed E-state index contributed by atoms with van der Waals surface area (Å²) < 4.78 is 27.6. The molecule has 0 atom stereocenters. The molecule has 0 N–H and O–H groups in total. The minimum atomic E-state index is -0.308. The van der Waals surface area contributed by atoms with Gasteiger partial charge in [-0.3, -0.25) is 0 Å². The third-order valence-electron chi connectivity index (χ3n) is 3.55. The first-order valence-electron chi connectivity index (χ1n) is 6.76. The van der Waals surface area contributed by atoms with E-state index in [0.717, 1.165) is 16.7 Å². The predicted octanol–water partition coefficient (Wildman–Crippen LogP) is 5.61. The molecule has 3 aromatic carbocycles. The Morgan fingerprint density at radius 3 is 2.05 bits per heavy atom. The first-order chi connectivity index (χ1) is 10.1. The molecule has 0 aliphatic carbocycles. The molecule has 21 heavy (non-hydrogen) atoms. The van der Waals surface area contributed by atoms with Crippen molar-refractivity contribution < 1.29 is 8.78 Å². The lowest BCUT2D eigenvalue weighted by Gasteiger charge is -2.09. The van der Waals surface area contributed by atoms with Crippen LogP contribution in [0.25, 0.3) is 22.3 Å². The van der Waals surface area contributed by atoms with E-state index in [9.17, 15) is 8.78 Å². The average Bonchev–Trinajstić information content (AvgIpc) is 2.49. The molecular formula is C19H14F2. The zero-order chi connectivity index (χ0) is 14.8. The fraction of sp³-hybridized carbons (Fsp3) is 0.0526. The van der Waals surface area contributed by atoms with Crippen LogP contribution in [0.4, 0.5) is 8.78 Å². The summed E-state index contributed by atoms with van der Waals surface area (Å²) in [4.78, 5) is 0. The molecule has 0 aliphatic rings. The summed E-state index contributed by atoms with van der Waals surface area (Å²) in [5.41, 5.74) is 3.73. The van der Waals surface area contributed by atoms with Gasteiger partial charge in [-0.2, -0.15) is 0 Å². The van der Waals surface area contributed by atoms with E-state index in [-0.39, 0.29) is 11.6 Å². The van der Waals surface area contributed by atoms with E-state index < -0.39 is 0 Å². The van der Waals surface area contributed by atoms with Gasteiger partial charge in [-0.25, -0.2) is 8.78 Å². The molecule has 0 heterocycles. The lowest BCUT2D eigenvalue weighted by atomic mass is 9.97. The van der Waals surface area contributed by atoms with Crippen LogP contribution in [0.15, 0.2) is 66.7 Å². The van der Waals surface area contributed by atoms with Gasteiger partial charge in [-0.05, 0) is 47.4 Å².